The van der Waals surface area contributed by atoms with Gasteiger partial charge in [-0.25, -0.2) is 0 Å². The van der Waals surface area contributed by atoms with Crippen LogP contribution in [0.1, 0.15) is 55.6 Å². The van der Waals surface area contributed by atoms with E-state index in [0.717, 1.165) is 29.8 Å². The van der Waals surface area contributed by atoms with Crippen LogP contribution in [0.4, 0.5) is 0 Å². The molecule has 4 rings (SSSR count). The summed E-state index contributed by atoms with van der Waals surface area (Å²) in [4.78, 5) is 48.5. The molecule has 3 atom stereocenters. The Morgan fingerprint density at radius 1 is 0.469 bits per heavy atom. The molecule has 1 aliphatic heterocycles. The second-order valence-corrected chi connectivity index (χ2v) is 13.2. The molecule has 3 amide bonds. The Hall–Kier alpha value is -4.09. The largest absolute Gasteiger partial charge is 0.348 e. The molecule has 1 aliphatic rings. The first-order chi connectivity index (χ1) is 23.7. The maximum absolute atomic E-state index is 13.3. The van der Waals surface area contributed by atoms with E-state index in [1.165, 1.54) is 0 Å². The first kappa shape index (κ1) is 37.7. The van der Waals surface area contributed by atoms with E-state index in [4.69, 9.17) is 0 Å². The molecule has 1 fully saturated rings. The molecule has 10 heteroatoms. The molecule has 3 aromatic rings. The summed E-state index contributed by atoms with van der Waals surface area (Å²) in [6.07, 6.45) is 0. The Labute approximate surface area is 292 Å². The molecule has 0 aliphatic carbocycles. The van der Waals surface area contributed by atoms with Crippen molar-refractivity contribution in [2.24, 2.45) is 0 Å². The molecule has 0 bridgehead atoms. The molecule has 1 saturated heterocycles. The number of hydrogen-bond acceptors (Lipinski definition) is 7. The van der Waals surface area contributed by atoms with Crippen LogP contribution >= 0.6 is 0 Å². The van der Waals surface area contributed by atoms with E-state index < -0.39 is 0 Å². The Morgan fingerprint density at radius 2 is 0.714 bits per heavy atom. The zero-order valence-electron chi connectivity index (χ0n) is 29.7. The Balaban J connectivity index is 1.40. The van der Waals surface area contributed by atoms with Crippen molar-refractivity contribution in [2.45, 2.75) is 38.9 Å². The summed E-state index contributed by atoms with van der Waals surface area (Å²) in [5.41, 5.74) is 3.19. The number of benzene rings is 3. The van der Waals surface area contributed by atoms with Gasteiger partial charge in [-0.1, -0.05) is 91.0 Å². The van der Waals surface area contributed by atoms with Crippen LogP contribution in [0.25, 0.3) is 0 Å². The van der Waals surface area contributed by atoms with Crippen LogP contribution in [0, 0.1) is 0 Å². The number of nitrogens with one attached hydrogen (secondary N) is 3. The average molecular weight is 670 g/mol. The number of nitrogens with zero attached hydrogens (tertiary/aromatic N) is 4. The predicted octanol–water partition coefficient (Wildman–Crippen LogP) is 3.47. The van der Waals surface area contributed by atoms with Gasteiger partial charge in [-0.15, -0.1) is 0 Å². The lowest BCUT2D eigenvalue weighted by Crippen LogP contribution is -2.50. The fourth-order valence-electron chi connectivity index (χ4n) is 6.06. The highest BCUT2D eigenvalue weighted by molar-refractivity contribution is 5.79. The van der Waals surface area contributed by atoms with Gasteiger partial charge in [-0.2, -0.15) is 0 Å². The lowest BCUT2D eigenvalue weighted by Gasteiger charge is -2.33. The van der Waals surface area contributed by atoms with Crippen LogP contribution in [0.5, 0.6) is 0 Å². The second kappa shape index (κ2) is 19.8. The Kier molecular flexibility index (Phi) is 15.2. The summed E-state index contributed by atoms with van der Waals surface area (Å²) in [7, 11) is 2.09. The van der Waals surface area contributed by atoms with E-state index >= 15 is 0 Å². The second-order valence-electron chi connectivity index (χ2n) is 13.2. The monoisotopic (exact) mass is 669 g/mol. The van der Waals surface area contributed by atoms with Crippen molar-refractivity contribution < 1.29 is 14.4 Å². The first-order valence-corrected chi connectivity index (χ1v) is 17.5. The van der Waals surface area contributed by atoms with E-state index in [2.05, 4.69) is 42.6 Å². The minimum Gasteiger partial charge on any atom is -0.348 e. The van der Waals surface area contributed by atoms with E-state index in [9.17, 15) is 14.4 Å². The van der Waals surface area contributed by atoms with Crippen molar-refractivity contribution in [3.63, 3.8) is 0 Å². The quantitative estimate of drug-likeness (QED) is 0.272. The van der Waals surface area contributed by atoms with Gasteiger partial charge in [0.15, 0.2) is 0 Å². The number of amides is 3. The summed E-state index contributed by atoms with van der Waals surface area (Å²) in [6, 6.07) is 29.6. The normalized spacial score (nSPS) is 17.9. The maximum atomic E-state index is 13.3. The average Bonchev–Trinajstić information content (AvgIpc) is 3.10. The third-order valence-corrected chi connectivity index (χ3v) is 9.19. The molecule has 1 heterocycles. The molecule has 0 spiro atoms. The van der Waals surface area contributed by atoms with Crippen molar-refractivity contribution in [1.82, 2.24) is 35.6 Å². The third-order valence-electron chi connectivity index (χ3n) is 9.19. The van der Waals surface area contributed by atoms with Gasteiger partial charge in [0.1, 0.15) is 0 Å². The molecular weight excluding hydrogens is 614 g/mol. The van der Waals surface area contributed by atoms with Gasteiger partial charge >= 0.3 is 0 Å². The minimum atomic E-state index is -0.115. The predicted molar refractivity (Wildman–Crippen MR) is 196 cm³/mol. The molecule has 0 saturated carbocycles. The van der Waals surface area contributed by atoms with Gasteiger partial charge in [-0.05, 0) is 44.5 Å². The van der Waals surface area contributed by atoms with Crippen LogP contribution in [0.3, 0.4) is 0 Å². The standard InChI is InChI=1S/C39H55N7O3/c1-31(34-14-8-5-9-15-34)40-37(47)28-44-22-20-43(4)21-23-45(29-38(48)41-32(2)35-16-10-6-11-17-35)25-27-46(26-24-44)30-39(49)42-33(3)36-18-12-7-13-19-36/h5-19,31-33H,20-30H2,1-4H3,(H,40,47)(H,41,48)(H,42,49). The molecule has 3 unspecified atom stereocenters. The first-order valence-electron chi connectivity index (χ1n) is 17.5. The highest BCUT2D eigenvalue weighted by atomic mass is 16.2. The van der Waals surface area contributed by atoms with Gasteiger partial charge in [0.05, 0.1) is 37.8 Å². The zero-order valence-corrected chi connectivity index (χ0v) is 29.7. The van der Waals surface area contributed by atoms with E-state index in [-0.39, 0.29) is 55.5 Å². The van der Waals surface area contributed by atoms with E-state index in [1.54, 1.807) is 0 Å². The van der Waals surface area contributed by atoms with Gasteiger partial charge in [0.25, 0.3) is 0 Å². The van der Waals surface area contributed by atoms with Crippen molar-refractivity contribution in [2.75, 3.05) is 79.0 Å². The molecule has 0 aromatic heterocycles. The van der Waals surface area contributed by atoms with Gasteiger partial charge in [0.2, 0.25) is 17.7 Å². The van der Waals surface area contributed by atoms with E-state index in [1.807, 2.05) is 112 Å². The van der Waals surface area contributed by atoms with Crippen molar-refractivity contribution >= 4 is 17.7 Å². The van der Waals surface area contributed by atoms with Gasteiger partial charge < -0.3 is 20.9 Å². The molecule has 10 nitrogen and oxygen atoms in total. The number of rotatable bonds is 12. The van der Waals surface area contributed by atoms with Gasteiger partial charge in [-0.3, -0.25) is 29.1 Å². The highest BCUT2D eigenvalue weighted by Crippen LogP contribution is 2.13. The smallest absolute Gasteiger partial charge is 0.234 e. The zero-order chi connectivity index (χ0) is 35.0. The molecule has 3 N–H and O–H groups in total. The van der Waals surface area contributed by atoms with Crippen LogP contribution in [0.2, 0.25) is 0 Å². The fraction of sp³-hybridized carbons (Fsp3) is 0.462. The highest BCUT2D eigenvalue weighted by Gasteiger charge is 2.21. The van der Waals surface area contributed by atoms with Crippen LogP contribution in [-0.2, 0) is 14.4 Å². The summed E-state index contributed by atoms with van der Waals surface area (Å²) in [5.74, 6) is -0.0897. The fourth-order valence-corrected chi connectivity index (χ4v) is 6.06. The Bertz CT molecular complexity index is 1350. The number of carbonyl (C=O) groups is 3. The van der Waals surface area contributed by atoms with E-state index in [0.29, 0.717) is 39.3 Å². The van der Waals surface area contributed by atoms with Crippen molar-refractivity contribution in [3.8, 4) is 0 Å². The van der Waals surface area contributed by atoms with Gasteiger partial charge in [0, 0.05) is 52.4 Å². The molecular formula is C39H55N7O3. The van der Waals surface area contributed by atoms with Crippen molar-refractivity contribution in [3.05, 3.63) is 108 Å². The summed E-state index contributed by atoms with van der Waals surface area (Å²) in [6.45, 7) is 12.3. The number of hydrogen-bond donors (Lipinski definition) is 3. The number of carbonyl (C=O) groups excluding carboxylic acids is 3. The van der Waals surface area contributed by atoms with Crippen LogP contribution in [0.15, 0.2) is 91.0 Å². The molecule has 264 valence electrons. The maximum Gasteiger partial charge on any atom is 0.234 e. The van der Waals surface area contributed by atoms with Crippen molar-refractivity contribution in [1.29, 1.82) is 0 Å². The van der Waals surface area contributed by atoms with Crippen LogP contribution < -0.4 is 16.0 Å². The summed E-state index contributed by atoms with van der Waals surface area (Å²) >= 11 is 0. The Morgan fingerprint density at radius 3 is 0.980 bits per heavy atom. The lowest BCUT2D eigenvalue weighted by atomic mass is 10.1. The van der Waals surface area contributed by atoms with Crippen LogP contribution in [-0.4, -0.2) is 116 Å². The SMILES string of the molecule is CC(NC(=O)CN1CCN(C)CCN(CC(=O)NC(C)c2ccccc2)CCN(CC(=O)NC(C)c2ccccc2)CC1)c1ccccc1. The molecule has 49 heavy (non-hydrogen) atoms. The topological polar surface area (TPSA) is 100 Å². The molecule has 0 radical (unpaired) electrons. The number of likely N-dealkylation sites (N-methyl/N-ethyl adjacent to an activating group) is 1. The summed E-state index contributed by atoms with van der Waals surface area (Å²) < 4.78 is 0. The minimum absolute atomic E-state index is 0.0194. The summed E-state index contributed by atoms with van der Waals surface area (Å²) in [5, 5.41) is 9.46. The lowest BCUT2D eigenvalue weighted by molar-refractivity contribution is -0.125. The molecule has 3 aromatic carbocycles. The third kappa shape index (κ3) is 13.4.